The Morgan fingerprint density at radius 1 is 1.14 bits per heavy atom. The summed E-state index contributed by atoms with van der Waals surface area (Å²) in [6.07, 6.45) is 0.261. The zero-order valence-corrected chi connectivity index (χ0v) is 20.6. The number of alkyl halides is 3. The largest absolute Gasteiger partial charge is 0.497 e. The maximum absolute atomic E-state index is 13.4. The van der Waals surface area contributed by atoms with Crippen molar-refractivity contribution in [2.45, 2.75) is 49.7 Å². The van der Waals surface area contributed by atoms with Gasteiger partial charge in [-0.05, 0) is 74.8 Å². The van der Waals surface area contributed by atoms with Crippen molar-refractivity contribution in [2.24, 2.45) is 0 Å². The van der Waals surface area contributed by atoms with Crippen LogP contribution in [0.15, 0.2) is 48.5 Å². The molecule has 1 saturated carbocycles. The van der Waals surface area contributed by atoms with Crippen molar-refractivity contribution in [1.82, 2.24) is 10.3 Å². The van der Waals surface area contributed by atoms with E-state index in [9.17, 15) is 18.0 Å². The normalized spacial score (nSPS) is 20.5. The first kappa shape index (κ1) is 25.2. The molecule has 1 amide bonds. The molecule has 2 aromatic carbocycles. The molecule has 1 aliphatic carbocycles. The summed E-state index contributed by atoms with van der Waals surface area (Å²) < 4.78 is 45.5. The lowest BCUT2D eigenvalue weighted by molar-refractivity contribution is -0.140. The number of aryl methyl sites for hydroxylation is 1. The molecule has 0 spiro atoms. The molecule has 1 fully saturated rings. The van der Waals surface area contributed by atoms with Crippen molar-refractivity contribution < 1.29 is 22.7 Å². The molecule has 9 heteroatoms. The minimum atomic E-state index is -4.52. The van der Waals surface area contributed by atoms with Crippen LogP contribution in [0.1, 0.15) is 47.3 Å². The molecule has 0 unspecified atom stereocenters. The predicted molar refractivity (Wildman–Crippen MR) is 134 cm³/mol. The molecular weight excluding hydrogens is 475 g/mol. The molecule has 0 radical (unpaired) electrons. The summed E-state index contributed by atoms with van der Waals surface area (Å²) in [5, 5.41) is 7.20. The third kappa shape index (κ3) is 5.50. The Kier molecular flexibility index (Phi) is 7.17. The minimum absolute atomic E-state index is 0.0122. The van der Waals surface area contributed by atoms with Gasteiger partial charge in [-0.2, -0.15) is 13.2 Å². The van der Waals surface area contributed by atoms with Gasteiger partial charge in [0, 0.05) is 22.7 Å². The van der Waals surface area contributed by atoms with Crippen LogP contribution in [0, 0.1) is 6.92 Å². The van der Waals surface area contributed by atoms with Crippen LogP contribution in [0.25, 0.3) is 10.9 Å². The molecule has 5 nitrogen and oxygen atoms in total. The Morgan fingerprint density at radius 2 is 1.86 bits per heavy atom. The van der Waals surface area contributed by atoms with Crippen LogP contribution >= 0.6 is 11.8 Å². The van der Waals surface area contributed by atoms with E-state index in [4.69, 9.17) is 4.74 Å². The number of para-hydroxylation sites is 1. The molecular formula is C26H28F3N3O2S. The summed E-state index contributed by atoms with van der Waals surface area (Å²) in [7, 11) is 1.59. The van der Waals surface area contributed by atoms with Crippen LogP contribution in [-0.2, 0) is 6.18 Å². The molecule has 1 heterocycles. The number of amides is 1. The van der Waals surface area contributed by atoms with Gasteiger partial charge in [0.1, 0.15) is 11.4 Å². The van der Waals surface area contributed by atoms with Crippen LogP contribution in [0.3, 0.4) is 0 Å². The summed E-state index contributed by atoms with van der Waals surface area (Å²) in [6, 6.07) is 13.3. The van der Waals surface area contributed by atoms with E-state index in [0.29, 0.717) is 53.6 Å². The summed E-state index contributed by atoms with van der Waals surface area (Å²) >= 11 is 1.60. The molecule has 0 atom stereocenters. The number of fused-ring (bicyclic) bond motifs is 1. The second-order valence-corrected chi connectivity index (χ2v) is 10.0. The maximum atomic E-state index is 13.4. The molecule has 0 aliphatic heterocycles. The Balaban J connectivity index is 1.48. The number of nitrogens with one attached hydrogen (secondary N) is 2. The highest BCUT2D eigenvalue weighted by Crippen LogP contribution is 2.39. The number of aromatic nitrogens is 1. The second kappa shape index (κ2) is 9.97. The molecule has 0 bridgehead atoms. The molecule has 4 rings (SSSR count). The van der Waals surface area contributed by atoms with Crippen molar-refractivity contribution in [3.05, 3.63) is 65.4 Å². The standard InChI is InChI=1S/C26H28F3N3O2S/c1-16-14-18(34-2)8-9-19(16)24(33)32-25(35-3)12-10-17(11-13-25)30-22-15-23(26(27,28)29)31-21-7-5-4-6-20(21)22/h4-9,14-15,17H,10-13H2,1-3H3,(H,30,31)(H,32,33). The smallest absolute Gasteiger partial charge is 0.433 e. The highest BCUT2D eigenvalue weighted by molar-refractivity contribution is 7.99. The Hall–Kier alpha value is -2.94. The fraction of sp³-hybridized carbons (Fsp3) is 0.385. The van der Waals surface area contributed by atoms with Crippen LogP contribution in [0.2, 0.25) is 0 Å². The number of carbonyl (C=O) groups excluding carboxylic acids is 1. The van der Waals surface area contributed by atoms with E-state index >= 15 is 0 Å². The molecule has 0 saturated heterocycles. The number of carbonyl (C=O) groups is 1. The topological polar surface area (TPSA) is 63.2 Å². The number of hydrogen-bond acceptors (Lipinski definition) is 5. The number of benzene rings is 2. The summed E-state index contributed by atoms with van der Waals surface area (Å²) in [6.45, 7) is 1.87. The fourth-order valence-corrected chi connectivity index (χ4v) is 5.40. The number of anilines is 1. The number of hydrogen-bond donors (Lipinski definition) is 2. The van der Waals surface area contributed by atoms with E-state index < -0.39 is 16.7 Å². The van der Waals surface area contributed by atoms with Crippen LogP contribution in [-0.4, -0.2) is 35.2 Å². The van der Waals surface area contributed by atoms with Gasteiger partial charge in [0.25, 0.3) is 5.91 Å². The summed E-state index contributed by atoms with van der Waals surface area (Å²) in [5.41, 5.74) is 1.26. The quantitative estimate of drug-likeness (QED) is 0.381. The van der Waals surface area contributed by atoms with Crippen molar-refractivity contribution >= 4 is 34.3 Å². The number of thioether (sulfide) groups is 1. The third-order valence-electron chi connectivity index (χ3n) is 6.57. The van der Waals surface area contributed by atoms with Crippen molar-refractivity contribution in [3.8, 4) is 5.75 Å². The van der Waals surface area contributed by atoms with Crippen molar-refractivity contribution in [1.29, 1.82) is 0 Å². The third-order valence-corrected chi connectivity index (χ3v) is 7.86. The second-order valence-electron chi connectivity index (χ2n) is 8.82. The van der Waals surface area contributed by atoms with Crippen molar-refractivity contribution in [3.63, 3.8) is 0 Å². The minimum Gasteiger partial charge on any atom is -0.497 e. The molecule has 1 aromatic heterocycles. The van der Waals surface area contributed by atoms with Gasteiger partial charge in [-0.1, -0.05) is 18.2 Å². The van der Waals surface area contributed by atoms with E-state index in [1.54, 1.807) is 55.3 Å². The van der Waals surface area contributed by atoms with Gasteiger partial charge in [0.15, 0.2) is 0 Å². The number of ether oxygens (including phenoxy) is 1. The molecule has 3 aromatic rings. The highest BCUT2D eigenvalue weighted by atomic mass is 32.2. The van der Waals surface area contributed by atoms with Gasteiger partial charge >= 0.3 is 6.18 Å². The number of nitrogens with zero attached hydrogens (tertiary/aromatic N) is 1. The number of halogens is 3. The first-order valence-electron chi connectivity index (χ1n) is 11.4. The lowest BCUT2D eigenvalue weighted by Crippen LogP contribution is -2.49. The molecule has 35 heavy (non-hydrogen) atoms. The average molecular weight is 504 g/mol. The van der Waals surface area contributed by atoms with Crippen LogP contribution in [0.5, 0.6) is 5.75 Å². The van der Waals surface area contributed by atoms with Gasteiger partial charge in [0.05, 0.1) is 17.5 Å². The summed E-state index contributed by atoms with van der Waals surface area (Å²) in [4.78, 5) is 16.4. The zero-order chi connectivity index (χ0) is 25.2. The number of rotatable bonds is 6. The lowest BCUT2D eigenvalue weighted by Gasteiger charge is -2.40. The van der Waals surface area contributed by atoms with Gasteiger partial charge < -0.3 is 15.4 Å². The average Bonchev–Trinajstić information content (AvgIpc) is 2.84. The van der Waals surface area contributed by atoms with Gasteiger partial charge in [-0.25, -0.2) is 4.98 Å². The van der Waals surface area contributed by atoms with Crippen LogP contribution in [0.4, 0.5) is 18.9 Å². The Bertz CT molecular complexity index is 1220. The predicted octanol–water partition coefficient (Wildman–Crippen LogP) is 6.41. The number of methoxy groups -OCH3 is 1. The highest BCUT2D eigenvalue weighted by Gasteiger charge is 2.37. The van der Waals surface area contributed by atoms with E-state index in [0.717, 1.165) is 11.6 Å². The maximum Gasteiger partial charge on any atom is 0.433 e. The number of pyridine rings is 1. The zero-order valence-electron chi connectivity index (χ0n) is 19.8. The lowest BCUT2D eigenvalue weighted by atomic mass is 9.89. The van der Waals surface area contributed by atoms with E-state index in [-0.39, 0.29) is 11.9 Å². The fourth-order valence-electron chi connectivity index (χ4n) is 4.56. The van der Waals surface area contributed by atoms with Gasteiger partial charge in [0.2, 0.25) is 0 Å². The first-order chi connectivity index (χ1) is 16.6. The van der Waals surface area contributed by atoms with E-state index in [1.807, 2.05) is 19.2 Å². The van der Waals surface area contributed by atoms with Gasteiger partial charge in [-0.3, -0.25) is 4.79 Å². The van der Waals surface area contributed by atoms with Crippen molar-refractivity contribution in [2.75, 3.05) is 18.7 Å². The van der Waals surface area contributed by atoms with E-state index in [2.05, 4.69) is 15.6 Å². The SMILES string of the molecule is COc1ccc(C(=O)NC2(SC)CCC(Nc3cc(C(F)(F)F)nc4ccccc34)CC2)c(C)c1. The molecule has 186 valence electrons. The van der Waals surface area contributed by atoms with Crippen LogP contribution < -0.4 is 15.4 Å². The first-order valence-corrected chi connectivity index (χ1v) is 12.6. The monoisotopic (exact) mass is 503 g/mol. The molecule has 1 aliphatic rings. The Labute approximate surface area is 206 Å². The van der Waals surface area contributed by atoms with Gasteiger partial charge in [-0.15, -0.1) is 11.8 Å². The van der Waals surface area contributed by atoms with E-state index in [1.165, 1.54) is 0 Å². The molecule has 2 N–H and O–H groups in total. The Morgan fingerprint density at radius 3 is 2.49 bits per heavy atom. The summed E-state index contributed by atoms with van der Waals surface area (Å²) in [5.74, 6) is 0.559.